The molecule has 0 fully saturated rings. The van der Waals surface area contributed by atoms with Crippen molar-refractivity contribution in [3.8, 4) is 11.5 Å². The van der Waals surface area contributed by atoms with E-state index in [9.17, 15) is 9.59 Å². The summed E-state index contributed by atoms with van der Waals surface area (Å²) in [4.78, 5) is 25.5. The summed E-state index contributed by atoms with van der Waals surface area (Å²) < 4.78 is 16.9. The first kappa shape index (κ1) is 23.2. The summed E-state index contributed by atoms with van der Waals surface area (Å²) in [6.07, 6.45) is 2.86. The predicted octanol–water partition coefficient (Wildman–Crippen LogP) is 5.66. The molecule has 35 heavy (non-hydrogen) atoms. The summed E-state index contributed by atoms with van der Waals surface area (Å²) >= 11 is 0. The smallest absolute Gasteiger partial charge is 0.408 e. The van der Waals surface area contributed by atoms with Gasteiger partial charge in [-0.25, -0.2) is 9.59 Å². The maximum absolute atomic E-state index is 12.9. The molecule has 1 N–H and O–H groups in total. The molecule has 1 atom stereocenters. The first-order chi connectivity index (χ1) is 16.7. The second-order valence-electron chi connectivity index (χ2n) is 10.5. The third kappa shape index (κ3) is 4.45. The number of benzene rings is 3. The molecule has 0 aliphatic heterocycles. The van der Waals surface area contributed by atoms with Gasteiger partial charge in [0, 0.05) is 11.8 Å². The fourth-order valence-corrected chi connectivity index (χ4v) is 5.30. The van der Waals surface area contributed by atoms with Gasteiger partial charge < -0.3 is 19.5 Å². The van der Waals surface area contributed by atoms with Gasteiger partial charge in [-0.15, -0.1) is 0 Å². The van der Waals surface area contributed by atoms with E-state index in [1.54, 1.807) is 20.8 Å². The Hall–Kier alpha value is -3.54. The number of amides is 1. The number of ether oxygens (including phenoxy) is 3. The van der Waals surface area contributed by atoms with E-state index in [0.29, 0.717) is 25.0 Å². The second-order valence-corrected chi connectivity index (χ2v) is 10.5. The number of esters is 1. The van der Waals surface area contributed by atoms with Crippen molar-refractivity contribution < 1.29 is 23.8 Å². The van der Waals surface area contributed by atoms with Gasteiger partial charge in [0.15, 0.2) is 0 Å². The average Bonchev–Trinajstić information content (AvgIpc) is 3.23. The van der Waals surface area contributed by atoms with Crippen LogP contribution >= 0.6 is 0 Å². The van der Waals surface area contributed by atoms with Crippen molar-refractivity contribution in [3.05, 3.63) is 70.8 Å². The Balaban J connectivity index is 1.44. The number of hydrogen-bond acceptors (Lipinski definition) is 5. The van der Waals surface area contributed by atoms with E-state index in [-0.39, 0.29) is 0 Å². The Morgan fingerprint density at radius 3 is 2.40 bits per heavy atom. The van der Waals surface area contributed by atoms with Crippen LogP contribution in [0.3, 0.4) is 0 Å². The predicted molar refractivity (Wildman–Crippen MR) is 134 cm³/mol. The third-order valence-corrected chi connectivity index (χ3v) is 6.87. The van der Waals surface area contributed by atoms with E-state index in [4.69, 9.17) is 14.2 Å². The highest BCUT2D eigenvalue weighted by atomic mass is 16.6. The Bertz CT molecular complexity index is 1310. The Kier molecular flexibility index (Phi) is 5.70. The van der Waals surface area contributed by atoms with Crippen molar-refractivity contribution in [2.24, 2.45) is 0 Å². The van der Waals surface area contributed by atoms with Crippen LogP contribution in [0.2, 0.25) is 0 Å². The van der Waals surface area contributed by atoms with E-state index in [2.05, 4.69) is 29.6 Å². The summed E-state index contributed by atoms with van der Waals surface area (Å²) in [6, 6.07) is 16.5. The maximum Gasteiger partial charge on any atom is 0.408 e. The summed E-state index contributed by atoms with van der Waals surface area (Å²) in [5, 5.41) is 5.23. The van der Waals surface area contributed by atoms with Crippen molar-refractivity contribution in [2.45, 2.75) is 64.0 Å². The third-order valence-electron chi connectivity index (χ3n) is 6.87. The minimum atomic E-state index is -1.19. The van der Waals surface area contributed by atoms with Gasteiger partial charge >= 0.3 is 12.1 Å². The summed E-state index contributed by atoms with van der Waals surface area (Å²) in [5.74, 6) is 1.03. The molecule has 0 heterocycles. The molecular weight excluding hydrogens is 442 g/mol. The number of aryl methyl sites for hydroxylation is 3. The topological polar surface area (TPSA) is 73.9 Å². The number of nitrogens with one attached hydrogen (secondary N) is 1. The number of fused-ring (bicyclic) bond motifs is 1. The van der Waals surface area contributed by atoms with Crippen LogP contribution in [0.5, 0.6) is 11.5 Å². The summed E-state index contributed by atoms with van der Waals surface area (Å²) in [5.41, 5.74) is 2.94. The molecule has 3 aromatic carbocycles. The molecule has 0 bridgehead atoms. The van der Waals surface area contributed by atoms with Gasteiger partial charge in [0.1, 0.15) is 22.6 Å². The normalized spacial score (nSPS) is 18.6. The van der Waals surface area contributed by atoms with Crippen LogP contribution < -0.4 is 10.1 Å². The Morgan fingerprint density at radius 1 is 0.914 bits per heavy atom. The van der Waals surface area contributed by atoms with Crippen molar-refractivity contribution in [3.63, 3.8) is 0 Å². The largest absolute Gasteiger partial charge is 0.467 e. The molecule has 0 saturated carbocycles. The molecule has 0 saturated heterocycles. The number of carbonyl (C=O) groups is 2. The van der Waals surface area contributed by atoms with Crippen LogP contribution in [-0.4, -0.2) is 30.3 Å². The van der Waals surface area contributed by atoms with E-state index >= 15 is 0 Å². The van der Waals surface area contributed by atoms with Crippen molar-refractivity contribution in [1.82, 2.24) is 5.32 Å². The van der Waals surface area contributed by atoms with E-state index < -0.39 is 23.2 Å². The number of carbonyl (C=O) groups excluding carboxylic acids is 2. The highest BCUT2D eigenvalue weighted by Gasteiger charge is 2.45. The lowest BCUT2D eigenvalue weighted by Gasteiger charge is -2.36. The molecule has 0 spiro atoms. The standard InChI is InChI=1S/C29H31NO5/c1-28(2,3)35-27(32)30-29(26(31)33-4)15-14-18-10-12-22(16-21(18)17-29)34-24-13-11-20-9-8-19-6-5-7-23(24)25(19)20/h5-7,10-13,16H,8-9,14-15,17H2,1-4H3,(H,30,32). The van der Waals surface area contributed by atoms with Crippen molar-refractivity contribution >= 4 is 22.8 Å². The molecule has 2 aliphatic rings. The van der Waals surface area contributed by atoms with Gasteiger partial charge in [0.2, 0.25) is 0 Å². The molecule has 2 aliphatic carbocycles. The van der Waals surface area contributed by atoms with Crippen LogP contribution in [0.4, 0.5) is 4.79 Å². The van der Waals surface area contributed by atoms with Crippen molar-refractivity contribution in [2.75, 3.05) is 7.11 Å². The van der Waals surface area contributed by atoms with E-state index in [1.807, 2.05) is 24.3 Å². The molecular formula is C29H31NO5. The van der Waals surface area contributed by atoms with Crippen molar-refractivity contribution in [1.29, 1.82) is 0 Å². The highest BCUT2D eigenvalue weighted by molar-refractivity contribution is 5.95. The lowest BCUT2D eigenvalue weighted by molar-refractivity contribution is -0.149. The lowest BCUT2D eigenvalue weighted by atomic mass is 9.78. The number of hydrogen-bond donors (Lipinski definition) is 1. The maximum atomic E-state index is 12.9. The van der Waals surface area contributed by atoms with Gasteiger partial charge in [-0.1, -0.05) is 30.3 Å². The Morgan fingerprint density at radius 2 is 1.66 bits per heavy atom. The number of rotatable bonds is 4. The molecule has 1 unspecified atom stereocenters. The quantitative estimate of drug-likeness (QED) is 0.495. The van der Waals surface area contributed by atoms with Gasteiger partial charge in [0.05, 0.1) is 7.11 Å². The Labute approximate surface area is 205 Å². The van der Waals surface area contributed by atoms with Gasteiger partial charge in [0.25, 0.3) is 0 Å². The van der Waals surface area contributed by atoms with Crippen LogP contribution in [0.1, 0.15) is 49.4 Å². The fraction of sp³-hybridized carbons (Fsp3) is 0.379. The molecule has 182 valence electrons. The van der Waals surface area contributed by atoms with E-state index in [1.165, 1.54) is 23.6 Å². The monoisotopic (exact) mass is 473 g/mol. The lowest BCUT2D eigenvalue weighted by Crippen LogP contribution is -2.59. The zero-order valence-electron chi connectivity index (χ0n) is 20.7. The molecule has 5 rings (SSSR count). The molecule has 3 aromatic rings. The zero-order chi connectivity index (χ0) is 24.8. The van der Waals surface area contributed by atoms with Gasteiger partial charge in [-0.05, 0) is 92.3 Å². The summed E-state index contributed by atoms with van der Waals surface area (Å²) in [6.45, 7) is 5.37. The minimum Gasteiger partial charge on any atom is -0.467 e. The van der Waals surface area contributed by atoms with E-state index in [0.717, 1.165) is 35.1 Å². The minimum absolute atomic E-state index is 0.301. The molecule has 0 aromatic heterocycles. The number of alkyl carbamates (subject to hydrolysis) is 1. The van der Waals surface area contributed by atoms with Gasteiger partial charge in [-0.2, -0.15) is 0 Å². The van der Waals surface area contributed by atoms with Crippen LogP contribution in [-0.2, 0) is 40.0 Å². The average molecular weight is 474 g/mol. The van der Waals surface area contributed by atoms with Crippen LogP contribution in [0.15, 0.2) is 48.5 Å². The fourth-order valence-electron chi connectivity index (χ4n) is 5.30. The first-order valence-electron chi connectivity index (χ1n) is 12.1. The zero-order valence-corrected chi connectivity index (χ0v) is 20.7. The summed E-state index contributed by atoms with van der Waals surface area (Å²) in [7, 11) is 1.34. The molecule has 0 radical (unpaired) electrons. The molecule has 6 heteroatoms. The SMILES string of the molecule is COC(=O)C1(NC(=O)OC(C)(C)C)CCc2ccc(Oc3ccc4c5c(cccc35)CC4)cc2C1. The highest BCUT2D eigenvalue weighted by Crippen LogP contribution is 2.39. The van der Waals surface area contributed by atoms with Gasteiger partial charge in [-0.3, -0.25) is 0 Å². The molecule has 1 amide bonds. The van der Waals surface area contributed by atoms with Crippen LogP contribution in [0, 0.1) is 0 Å². The second kappa shape index (κ2) is 8.59. The first-order valence-corrected chi connectivity index (χ1v) is 12.1. The van der Waals surface area contributed by atoms with Crippen LogP contribution in [0.25, 0.3) is 10.8 Å². The number of methoxy groups -OCH3 is 1. The molecule has 6 nitrogen and oxygen atoms in total.